The molecule has 1 atom stereocenters. The van der Waals surface area contributed by atoms with Crippen molar-refractivity contribution in [3.63, 3.8) is 0 Å². The molecular formula is C10H14N2. The molecule has 2 nitrogen and oxygen atoms in total. The summed E-state index contributed by atoms with van der Waals surface area (Å²) in [4.78, 5) is 0. The van der Waals surface area contributed by atoms with Gasteiger partial charge in [0.15, 0.2) is 0 Å². The molecule has 0 aromatic heterocycles. The second-order valence-electron chi connectivity index (χ2n) is 3.38. The molecule has 0 saturated carbocycles. The van der Waals surface area contributed by atoms with E-state index >= 15 is 0 Å². The van der Waals surface area contributed by atoms with Crippen LogP contribution in [0.2, 0.25) is 0 Å². The van der Waals surface area contributed by atoms with Gasteiger partial charge in [-0.1, -0.05) is 18.2 Å². The molecule has 0 unspecified atom stereocenters. The van der Waals surface area contributed by atoms with Crippen LogP contribution in [0.1, 0.15) is 29.2 Å². The van der Waals surface area contributed by atoms with Crippen LogP contribution < -0.4 is 11.5 Å². The van der Waals surface area contributed by atoms with E-state index in [1.165, 1.54) is 16.7 Å². The Morgan fingerprint density at radius 3 is 3.00 bits per heavy atom. The molecule has 12 heavy (non-hydrogen) atoms. The third kappa shape index (κ3) is 1.13. The lowest BCUT2D eigenvalue weighted by Gasteiger charge is -2.06. The van der Waals surface area contributed by atoms with Crippen LogP contribution in [0.3, 0.4) is 0 Å². The first kappa shape index (κ1) is 7.77. The number of benzene rings is 1. The summed E-state index contributed by atoms with van der Waals surface area (Å²) in [6.07, 6.45) is 2.21. The minimum absolute atomic E-state index is 0.242. The zero-order valence-corrected chi connectivity index (χ0v) is 7.09. The maximum Gasteiger partial charge on any atom is 0.0300 e. The van der Waals surface area contributed by atoms with Crippen molar-refractivity contribution in [2.45, 2.75) is 25.4 Å². The highest BCUT2D eigenvalue weighted by atomic mass is 14.6. The number of aryl methyl sites for hydroxylation is 1. The van der Waals surface area contributed by atoms with E-state index in [0.717, 1.165) is 12.8 Å². The fraction of sp³-hybridized carbons (Fsp3) is 0.400. The molecule has 0 heterocycles. The summed E-state index contributed by atoms with van der Waals surface area (Å²) in [5.74, 6) is 0. The van der Waals surface area contributed by atoms with Gasteiger partial charge in [-0.15, -0.1) is 0 Å². The van der Waals surface area contributed by atoms with Gasteiger partial charge in [0, 0.05) is 12.6 Å². The maximum absolute atomic E-state index is 5.93. The summed E-state index contributed by atoms with van der Waals surface area (Å²) in [5, 5.41) is 0. The van der Waals surface area contributed by atoms with Crippen molar-refractivity contribution in [1.29, 1.82) is 0 Å². The topological polar surface area (TPSA) is 52.0 Å². The summed E-state index contributed by atoms with van der Waals surface area (Å²) >= 11 is 0. The normalized spacial score (nSPS) is 21.0. The van der Waals surface area contributed by atoms with Gasteiger partial charge in [0.25, 0.3) is 0 Å². The molecule has 0 amide bonds. The average Bonchev–Trinajstić information content (AvgIpc) is 2.47. The number of hydrogen-bond donors (Lipinski definition) is 2. The first-order valence-electron chi connectivity index (χ1n) is 4.38. The highest BCUT2D eigenvalue weighted by Gasteiger charge is 2.18. The van der Waals surface area contributed by atoms with Gasteiger partial charge in [-0.2, -0.15) is 0 Å². The smallest absolute Gasteiger partial charge is 0.0300 e. The second kappa shape index (κ2) is 2.88. The lowest BCUT2D eigenvalue weighted by Crippen LogP contribution is -2.06. The van der Waals surface area contributed by atoms with E-state index in [9.17, 15) is 0 Å². The molecule has 1 aromatic carbocycles. The zero-order valence-electron chi connectivity index (χ0n) is 7.09. The highest BCUT2D eigenvalue weighted by molar-refractivity contribution is 5.37. The first-order valence-corrected chi connectivity index (χ1v) is 4.38. The van der Waals surface area contributed by atoms with Gasteiger partial charge in [0.1, 0.15) is 0 Å². The van der Waals surface area contributed by atoms with E-state index in [0.29, 0.717) is 6.54 Å². The Bertz CT molecular complexity index is 294. The Kier molecular flexibility index (Phi) is 1.87. The monoisotopic (exact) mass is 162 g/mol. The lowest BCUT2D eigenvalue weighted by molar-refractivity contribution is 0.713. The molecule has 0 bridgehead atoms. The summed E-state index contributed by atoms with van der Waals surface area (Å²) < 4.78 is 0. The Balaban J connectivity index is 2.43. The van der Waals surface area contributed by atoms with Crippen LogP contribution in [0.4, 0.5) is 0 Å². The average molecular weight is 162 g/mol. The predicted molar refractivity (Wildman–Crippen MR) is 49.6 cm³/mol. The van der Waals surface area contributed by atoms with Crippen molar-refractivity contribution < 1.29 is 0 Å². The van der Waals surface area contributed by atoms with Gasteiger partial charge in [-0.3, -0.25) is 0 Å². The molecule has 0 saturated heterocycles. The van der Waals surface area contributed by atoms with Crippen LogP contribution in [0.5, 0.6) is 0 Å². The van der Waals surface area contributed by atoms with Gasteiger partial charge >= 0.3 is 0 Å². The molecule has 2 rings (SSSR count). The van der Waals surface area contributed by atoms with E-state index in [1.807, 2.05) is 0 Å². The maximum atomic E-state index is 5.93. The van der Waals surface area contributed by atoms with Crippen LogP contribution >= 0.6 is 0 Å². The van der Waals surface area contributed by atoms with Crippen LogP contribution in [-0.4, -0.2) is 0 Å². The van der Waals surface area contributed by atoms with Crippen LogP contribution in [-0.2, 0) is 13.0 Å². The number of nitrogens with two attached hydrogens (primary N) is 2. The Labute approximate surface area is 72.6 Å². The van der Waals surface area contributed by atoms with Crippen molar-refractivity contribution in [1.82, 2.24) is 0 Å². The molecule has 64 valence electrons. The molecule has 2 heteroatoms. The Morgan fingerprint density at radius 1 is 1.42 bits per heavy atom. The molecular weight excluding hydrogens is 148 g/mol. The molecule has 4 N–H and O–H groups in total. The predicted octanol–water partition coefficient (Wildman–Crippen LogP) is 1.09. The molecule has 1 aliphatic carbocycles. The number of hydrogen-bond acceptors (Lipinski definition) is 2. The van der Waals surface area contributed by atoms with Crippen molar-refractivity contribution in [3.05, 3.63) is 34.9 Å². The summed E-state index contributed by atoms with van der Waals surface area (Å²) in [5.41, 5.74) is 15.4. The summed E-state index contributed by atoms with van der Waals surface area (Å²) in [7, 11) is 0. The Morgan fingerprint density at radius 2 is 2.25 bits per heavy atom. The van der Waals surface area contributed by atoms with Crippen molar-refractivity contribution in [2.75, 3.05) is 0 Å². The van der Waals surface area contributed by atoms with E-state index in [1.54, 1.807) is 0 Å². The first-order chi connectivity index (χ1) is 5.81. The van der Waals surface area contributed by atoms with Gasteiger partial charge < -0.3 is 11.5 Å². The lowest BCUT2D eigenvalue weighted by atomic mass is 10.0. The largest absolute Gasteiger partial charge is 0.326 e. The second-order valence-corrected chi connectivity index (χ2v) is 3.38. The van der Waals surface area contributed by atoms with Gasteiger partial charge in [0.2, 0.25) is 0 Å². The van der Waals surface area contributed by atoms with Crippen molar-refractivity contribution in [2.24, 2.45) is 11.5 Å². The molecule has 0 spiro atoms. The summed E-state index contributed by atoms with van der Waals surface area (Å²) in [6.45, 7) is 0.611. The number of rotatable bonds is 1. The minimum Gasteiger partial charge on any atom is -0.326 e. The Hall–Kier alpha value is -0.860. The minimum atomic E-state index is 0.242. The van der Waals surface area contributed by atoms with Crippen LogP contribution in [0, 0.1) is 0 Å². The van der Waals surface area contributed by atoms with Crippen LogP contribution in [0.25, 0.3) is 0 Å². The fourth-order valence-corrected chi connectivity index (χ4v) is 1.81. The SMILES string of the molecule is NCc1ccc2c(c1)[C@@H](N)CC2. The molecule has 1 aromatic rings. The fourth-order valence-electron chi connectivity index (χ4n) is 1.81. The van der Waals surface area contributed by atoms with Crippen molar-refractivity contribution in [3.8, 4) is 0 Å². The van der Waals surface area contributed by atoms with E-state index in [2.05, 4.69) is 18.2 Å². The highest BCUT2D eigenvalue weighted by Crippen LogP contribution is 2.29. The molecule has 1 aliphatic rings. The van der Waals surface area contributed by atoms with Gasteiger partial charge in [0.05, 0.1) is 0 Å². The third-order valence-electron chi connectivity index (χ3n) is 2.57. The van der Waals surface area contributed by atoms with Crippen molar-refractivity contribution >= 4 is 0 Å². The third-order valence-corrected chi connectivity index (χ3v) is 2.57. The molecule has 0 fully saturated rings. The molecule has 0 aliphatic heterocycles. The van der Waals surface area contributed by atoms with Gasteiger partial charge in [-0.05, 0) is 29.5 Å². The van der Waals surface area contributed by atoms with Gasteiger partial charge in [-0.25, -0.2) is 0 Å². The quantitative estimate of drug-likeness (QED) is 0.649. The summed E-state index contributed by atoms with van der Waals surface area (Å²) in [6, 6.07) is 6.64. The molecule has 0 radical (unpaired) electrons. The van der Waals surface area contributed by atoms with E-state index in [4.69, 9.17) is 11.5 Å². The van der Waals surface area contributed by atoms with Crippen LogP contribution in [0.15, 0.2) is 18.2 Å². The standard InChI is InChI=1S/C10H14N2/c11-6-7-1-2-8-3-4-10(12)9(8)5-7/h1-2,5,10H,3-4,6,11-12H2/t10-/m0/s1. The van der Waals surface area contributed by atoms with E-state index in [-0.39, 0.29) is 6.04 Å². The van der Waals surface area contributed by atoms with E-state index < -0.39 is 0 Å². The number of fused-ring (bicyclic) bond motifs is 1. The zero-order chi connectivity index (χ0) is 8.55.